The highest BCUT2D eigenvalue weighted by Gasteiger charge is 2.45. The number of aromatic nitrogens is 1. The zero-order valence-electron chi connectivity index (χ0n) is 14.7. The Kier molecular flexibility index (Phi) is 4.65. The number of hydrogen-bond acceptors (Lipinski definition) is 8. The third-order valence-corrected chi connectivity index (χ3v) is 5.47. The number of amides is 4. The van der Waals surface area contributed by atoms with E-state index in [9.17, 15) is 19.2 Å². The average Bonchev–Trinajstić information content (AvgIpc) is 3.18. The summed E-state index contributed by atoms with van der Waals surface area (Å²) in [6.45, 7) is 0.819. The van der Waals surface area contributed by atoms with Crippen molar-refractivity contribution >= 4 is 40.1 Å². The van der Waals surface area contributed by atoms with E-state index in [0.717, 1.165) is 10.6 Å². The number of nitrogen functional groups attached to an aromatic ring is 1. The van der Waals surface area contributed by atoms with Crippen LogP contribution in [0.4, 0.5) is 5.13 Å². The minimum Gasteiger partial charge on any atom is -0.375 e. The van der Waals surface area contributed by atoms with E-state index in [1.54, 1.807) is 18.2 Å². The van der Waals surface area contributed by atoms with Gasteiger partial charge in [0.2, 0.25) is 11.8 Å². The van der Waals surface area contributed by atoms with Crippen molar-refractivity contribution in [3.63, 3.8) is 0 Å². The summed E-state index contributed by atoms with van der Waals surface area (Å²) in [6, 6.07) is 4.08. The van der Waals surface area contributed by atoms with Crippen LogP contribution in [0.2, 0.25) is 0 Å². The predicted octanol–water partition coefficient (Wildman–Crippen LogP) is 0.416. The molecule has 2 aromatic rings. The first-order valence-electron chi connectivity index (χ1n) is 8.70. The maximum atomic E-state index is 13.0. The van der Waals surface area contributed by atoms with Gasteiger partial charge in [-0.25, -0.2) is 4.98 Å². The van der Waals surface area contributed by atoms with Gasteiger partial charge in [-0.3, -0.25) is 29.4 Å². The Bertz CT molecular complexity index is 1000. The molecule has 4 rings (SSSR count). The topological polar surface area (TPSA) is 134 Å². The number of nitrogens with zero attached hydrogens (tertiary/aromatic N) is 2. The highest BCUT2D eigenvalue weighted by Crippen LogP contribution is 2.30. The van der Waals surface area contributed by atoms with Crippen LogP contribution < -0.4 is 16.4 Å². The molecule has 28 heavy (non-hydrogen) atoms. The van der Waals surface area contributed by atoms with Crippen molar-refractivity contribution in [3.05, 3.63) is 46.0 Å². The van der Waals surface area contributed by atoms with Crippen molar-refractivity contribution < 1.29 is 19.2 Å². The highest BCUT2D eigenvalue weighted by molar-refractivity contribution is 7.13. The average molecular weight is 399 g/mol. The molecule has 144 valence electrons. The molecule has 0 spiro atoms. The van der Waals surface area contributed by atoms with Crippen LogP contribution in [0.15, 0.2) is 23.6 Å². The van der Waals surface area contributed by atoms with Gasteiger partial charge < -0.3 is 11.1 Å². The van der Waals surface area contributed by atoms with Gasteiger partial charge in [0.05, 0.1) is 16.8 Å². The van der Waals surface area contributed by atoms with Crippen LogP contribution in [-0.2, 0) is 22.7 Å². The third-order valence-electron chi connectivity index (χ3n) is 4.75. The van der Waals surface area contributed by atoms with Crippen LogP contribution in [0.5, 0.6) is 0 Å². The number of nitrogens with two attached hydrogens (primary N) is 1. The molecular weight excluding hydrogens is 382 g/mol. The minimum absolute atomic E-state index is 0.0923. The number of carbonyl (C=O) groups is 4. The van der Waals surface area contributed by atoms with Crippen LogP contribution in [0, 0.1) is 0 Å². The Morgan fingerprint density at radius 1 is 1.21 bits per heavy atom. The summed E-state index contributed by atoms with van der Waals surface area (Å²) in [7, 11) is 0. The van der Waals surface area contributed by atoms with Crippen LogP contribution >= 0.6 is 11.3 Å². The van der Waals surface area contributed by atoms with Crippen LogP contribution in [0.1, 0.15) is 44.8 Å². The number of fused-ring (bicyclic) bond motifs is 1. The second-order valence-corrected chi connectivity index (χ2v) is 7.46. The molecule has 1 fully saturated rings. The van der Waals surface area contributed by atoms with Crippen LogP contribution in [0.3, 0.4) is 0 Å². The molecule has 0 saturated carbocycles. The number of carbonyl (C=O) groups excluding carboxylic acids is 4. The fourth-order valence-electron chi connectivity index (χ4n) is 3.46. The smallest absolute Gasteiger partial charge is 0.262 e. The molecule has 1 unspecified atom stereocenters. The quantitative estimate of drug-likeness (QED) is 0.620. The van der Waals surface area contributed by atoms with Crippen LogP contribution in [-0.4, -0.2) is 39.6 Å². The van der Waals surface area contributed by atoms with Gasteiger partial charge in [-0.2, -0.15) is 0 Å². The molecule has 1 saturated heterocycles. The summed E-state index contributed by atoms with van der Waals surface area (Å²) in [5.74, 6) is -2.04. The fraction of sp³-hybridized carbons (Fsp3) is 0.278. The summed E-state index contributed by atoms with van der Waals surface area (Å²) < 4.78 is 0. The van der Waals surface area contributed by atoms with Gasteiger partial charge in [0.25, 0.3) is 11.8 Å². The van der Waals surface area contributed by atoms with E-state index < -0.39 is 29.7 Å². The van der Waals surface area contributed by atoms with E-state index in [2.05, 4.69) is 15.6 Å². The first-order chi connectivity index (χ1) is 13.5. The molecule has 0 bridgehead atoms. The molecule has 1 aromatic carbocycles. The Labute approximate surface area is 163 Å². The molecule has 2 aliphatic rings. The Hall–Kier alpha value is -3.11. The fourth-order valence-corrected chi connectivity index (χ4v) is 4.02. The third kappa shape index (κ3) is 3.16. The number of nitrogens with one attached hydrogen (secondary N) is 2. The van der Waals surface area contributed by atoms with E-state index in [1.165, 1.54) is 11.3 Å². The van der Waals surface area contributed by atoms with Gasteiger partial charge in [-0.1, -0.05) is 12.1 Å². The summed E-state index contributed by atoms with van der Waals surface area (Å²) in [6.07, 6.45) is 0.226. The lowest BCUT2D eigenvalue weighted by atomic mass is 10.0. The van der Waals surface area contributed by atoms with Crippen molar-refractivity contribution in [2.24, 2.45) is 0 Å². The van der Waals surface area contributed by atoms with Gasteiger partial charge in [-0.15, -0.1) is 11.3 Å². The predicted molar refractivity (Wildman–Crippen MR) is 100 cm³/mol. The maximum Gasteiger partial charge on any atom is 0.262 e. The lowest BCUT2D eigenvalue weighted by Gasteiger charge is -2.27. The number of imide groups is 2. The number of benzene rings is 1. The number of hydrogen-bond donors (Lipinski definition) is 3. The first kappa shape index (κ1) is 18.3. The molecule has 0 aliphatic carbocycles. The Morgan fingerprint density at radius 3 is 2.75 bits per heavy atom. The zero-order chi connectivity index (χ0) is 19.8. The summed E-state index contributed by atoms with van der Waals surface area (Å²) >= 11 is 1.35. The molecular formula is C18H17N5O4S. The van der Waals surface area contributed by atoms with Crippen molar-refractivity contribution in [1.29, 1.82) is 0 Å². The summed E-state index contributed by atoms with van der Waals surface area (Å²) in [4.78, 5) is 54.4. The number of thiazole rings is 1. The SMILES string of the molecule is Nc1nc(CNCc2cccc3c2C(=O)N(C2CCC(=O)NC2=O)C3=O)cs1. The lowest BCUT2D eigenvalue weighted by Crippen LogP contribution is -2.54. The van der Waals surface area contributed by atoms with E-state index in [-0.39, 0.29) is 18.4 Å². The second-order valence-electron chi connectivity index (χ2n) is 6.57. The number of piperidine rings is 1. The van der Waals surface area contributed by atoms with Crippen molar-refractivity contribution in [2.75, 3.05) is 5.73 Å². The molecule has 1 aromatic heterocycles. The maximum absolute atomic E-state index is 13.0. The van der Waals surface area contributed by atoms with Gasteiger partial charge in [0.15, 0.2) is 5.13 Å². The Morgan fingerprint density at radius 2 is 2.04 bits per heavy atom. The number of anilines is 1. The van der Waals surface area contributed by atoms with Gasteiger partial charge in [-0.05, 0) is 18.1 Å². The molecule has 0 radical (unpaired) electrons. The molecule has 4 amide bonds. The highest BCUT2D eigenvalue weighted by atomic mass is 32.1. The molecule has 1 atom stereocenters. The van der Waals surface area contributed by atoms with Gasteiger partial charge in [0.1, 0.15) is 6.04 Å². The first-order valence-corrected chi connectivity index (χ1v) is 9.57. The van der Waals surface area contributed by atoms with E-state index in [0.29, 0.717) is 29.3 Å². The number of rotatable bonds is 5. The lowest BCUT2D eigenvalue weighted by molar-refractivity contribution is -0.136. The van der Waals surface area contributed by atoms with Gasteiger partial charge >= 0.3 is 0 Å². The zero-order valence-corrected chi connectivity index (χ0v) is 15.5. The molecule has 2 aliphatic heterocycles. The summed E-state index contributed by atoms with van der Waals surface area (Å²) in [5, 5.41) is 7.71. The molecule has 9 nitrogen and oxygen atoms in total. The van der Waals surface area contributed by atoms with Crippen molar-refractivity contribution in [2.45, 2.75) is 32.0 Å². The van der Waals surface area contributed by atoms with Crippen molar-refractivity contribution in [1.82, 2.24) is 20.5 Å². The largest absolute Gasteiger partial charge is 0.375 e. The summed E-state index contributed by atoms with van der Waals surface area (Å²) in [5.41, 5.74) is 7.63. The molecule has 4 N–H and O–H groups in total. The minimum atomic E-state index is -0.969. The standard InChI is InChI=1S/C18H17N5O4S/c19-18-21-10(8-28-18)7-20-6-9-2-1-3-11-14(9)17(27)23(16(11)26)12-4-5-13(24)22-15(12)25/h1-3,8,12,20H,4-7H2,(H2,19,21)(H,22,24,25). The van der Waals surface area contributed by atoms with Crippen molar-refractivity contribution in [3.8, 4) is 0 Å². The monoisotopic (exact) mass is 399 g/mol. The molecule has 10 heteroatoms. The molecule has 3 heterocycles. The van der Waals surface area contributed by atoms with E-state index >= 15 is 0 Å². The van der Waals surface area contributed by atoms with E-state index in [1.807, 2.05) is 5.38 Å². The Balaban J connectivity index is 1.54. The normalized spacial score (nSPS) is 19.1. The second kappa shape index (κ2) is 7.13. The van der Waals surface area contributed by atoms with E-state index in [4.69, 9.17) is 5.73 Å². The van der Waals surface area contributed by atoms with Crippen LogP contribution in [0.25, 0.3) is 0 Å². The van der Waals surface area contributed by atoms with Gasteiger partial charge in [0, 0.05) is 24.9 Å².